The summed E-state index contributed by atoms with van der Waals surface area (Å²) in [7, 11) is 1.84. The summed E-state index contributed by atoms with van der Waals surface area (Å²) < 4.78 is 7.36. The summed E-state index contributed by atoms with van der Waals surface area (Å²) in [6, 6.07) is 3.67. The van der Waals surface area contributed by atoms with E-state index in [1.54, 1.807) is 4.68 Å². The van der Waals surface area contributed by atoms with Crippen molar-refractivity contribution in [3.05, 3.63) is 18.5 Å². The molecule has 6 nitrogen and oxygen atoms in total. The Balaban J connectivity index is 1.74. The molecular weight excluding hydrogens is 262 g/mol. The van der Waals surface area contributed by atoms with Crippen molar-refractivity contribution >= 4 is 17.4 Å². The Morgan fingerprint density at radius 1 is 1.47 bits per heavy atom. The Hall–Kier alpha value is -1.76. The molecule has 0 spiro atoms. The normalized spacial score (nSPS) is 14.6. The van der Waals surface area contributed by atoms with Gasteiger partial charge in [0, 0.05) is 7.05 Å². The smallest absolute Gasteiger partial charge is 0.238 e. The van der Waals surface area contributed by atoms with E-state index < -0.39 is 0 Å². The Labute approximate surface area is 115 Å². The van der Waals surface area contributed by atoms with Gasteiger partial charge in [0.05, 0.1) is 12.3 Å². The number of nitrogens with zero attached hydrogens (tertiary/aromatic N) is 4. The van der Waals surface area contributed by atoms with E-state index in [0.29, 0.717) is 24.1 Å². The third-order valence-corrected chi connectivity index (χ3v) is 3.87. The number of rotatable bonds is 5. The molecule has 0 atom stereocenters. The van der Waals surface area contributed by atoms with E-state index in [4.69, 9.17) is 10.5 Å². The van der Waals surface area contributed by atoms with Crippen molar-refractivity contribution in [2.24, 2.45) is 13.0 Å². The average molecular weight is 277 g/mol. The van der Waals surface area contributed by atoms with E-state index in [1.165, 1.54) is 30.9 Å². The summed E-state index contributed by atoms with van der Waals surface area (Å²) >= 11 is 1.44. The highest BCUT2D eigenvalue weighted by Crippen LogP contribution is 2.32. The molecule has 0 aliphatic heterocycles. The minimum atomic E-state index is 0.513. The summed E-state index contributed by atoms with van der Waals surface area (Å²) in [5.41, 5.74) is 6.44. The molecule has 2 heterocycles. The van der Waals surface area contributed by atoms with E-state index in [-0.39, 0.29) is 0 Å². The van der Waals surface area contributed by atoms with Crippen LogP contribution >= 0.6 is 11.8 Å². The predicted molar refractivity (Wildman–Crippen MR) is 72.0 cm³/mol. The van der Waals surface area contributed by atoms with E-state index in [0.717, 1.165) is 10.2 Å². The maximum absolute atomic E-state index is 5.87. The Kier molecular flexibility index (Phi) is 3.29. The molecule has 0 amide bonds. The lowest BCUT2D eigenvalue weighted by Gasteiger charge is -2.08. The molecule has 1 fully saturated rings. The second-order valence-electron chi connectivity index (χ2n) is 4.57. The van der Waals surface area contributed by atoms with Crippen molar-refractivity contribution in [3.8, 4) is 5.88 Å². The van der Waals surface area contributed by atoms with Gasteiger partial charge >= 0.3 is 0 Å². The van der Waals surface area contributed by atoms with Crippen LogP contribution in [0.4, 0.5) is 5.69 Å². The van der Waals surface area contributed by atoms with Gasteiger partial charge in [-0.05, 0) is 42.7 Å². The fourth-order valence-corrected chi connectivity index (χ4v) is 2.29. The highest BCUT2D eigenvalue weighted by atomic mass is 32.2. The molecule has 1 saturated carbocycles. The first-order chi connectivity index (χ1) is 9.22. The average Bonchev–Trinajstić information content (AvgIpc) is 3.14. The minimum absolute atomic E-state index is 0.513. The lowest BCUT2D eigenvalue weighted by atomic mass is 10.4. The number of hydrogen-bond donors (Lipinski definition) is 1. The molecule has 0 bridgehead atoms. The standard InChI is InChI=1S/C12H15N5OS/c1-17-12(14-7-15-17)19-10-5-4-9(13)11(16-10)18-6-8-2-3-8/h4-5,7-8H,2-3,6,13H2,1H3. The number of anilines is 1. The van der Waals surface area contributed by atoms with Crippen molar-refractivity contribution in [2.45, 2.75) is 23.0 Å². The van der Waals surface area contributed by atoms with E-state index in [1.807, 2.05) is 19.2 Å². The van der Waals surface area contributed by atoms with Crippen molar-refractivity contribution in [2.75, 3.05) is 12.3 Å². The molecule has 2 N–H and O–H groups in total. The summed E-state index contributed by atoms with van der Waals surface area (Å²) in [5, 5.41) is 5.61. The number of ether oxygens (including phenoxy) is 1. The van der Waals surface area contributed by atoms with Crippen molar-refractivity contribution in [3.63, 3.8) is 0 Å². The first-order valence-electron chi connectivity index (χ1n) is 6.13. The van der Waals surface area contributed by atoms with Crippen LogP contribution in [0.3, 0.4) is 0 Å². The summed E-state index contributed by atoms with van der Waals surface area (Å²) in [4.78, 5) is 8.57. The zero-order valence-electron chi connectivity index (χ0n) is 10.6. The number of aromatic nitrogens is 4. The molecule has 100 valence electrons. The highest BCUT2D eigenvalue weighted by Gasteiger charge is 2.22. The summed E-state index contributed by atoms with van der Waals surface area (Å²) in [5.74, 6) is 1.19. The van der Waals surface area contributed by atoms with Crippen molar-refractivity contribution in [1.29, 1.82) is 0 Å². The van der Waals surface area contributed by atoms with Crippen LogP contribution in [0.2, 0.25) is 0 Å². The van der Waals surface area contributed by atoms with E-state index >= 15 is 0 Å². The molecule has 0 radical (unpaired) electrons. The molecule has 19 heavy (non-hydrogen) atoms. The largest absolute Gasteiger partial charge is 0.476 e. The monoisotopic (exact) mass is 277 g/mol. The molecule has 3 rings (SSSR count). The lowest BCUT2D eigenvalue weighted by molar-refractivity contribution is 0.288. The first-order valence-corrected chi connectivity index (χ1v) is 6.95. The van der Waals surface area contributed by atoms with Crippen LogP contribution in [-0.4, -0.2) is 26.4 Å². The molecular formula is C12H15N5OS. The second kappa shape index (κ2) is 5.08. The van der Waals surface area contributed by atoms with Crippen molar-refractivity contribution < 1.29 is 4.74 Å². The Bertz CT molecular complexity index is 581. The van der Waals surface area contributed by atoms with Crippen LogP contribution in [0, 0.1) is 5.92 Å². The van der Waals surface area contributed by atoms with Gasteiger partial charge in [0.1, 0.15) is 11.4 Å². The third-order valence-electron chi connectivity index (χ3n) is 2.88. The van der Waals surface area contributed by atoms with Crippen LogP contribution < -0.4 is 10.5 Å². The molecule has 2 aromatic rings. The molecule has 0 saturated heterocycles. The van der Waals surface area contributed by atoms with Gasteiger partial charge in [-0.3, -0.25) is 0 Å². The van der Waals surface area contributed by atoms with E-state index in [2.05, 4.69) is 15.1 Å². The zero-order valence-corrected chi connectivity index (χ0v) is 11.4. The Morgan fingerprint density at radius 3 is 3.00 bits per heavy atom. The van der Waals surface area contributed by atoms with Gasteiger partial charge in [-0.2, -0.15) is 5.10 Å². The van der Waals surface area contributed by atoms with Gasteiger partial charge in [0.2, 0.25) is 5.88 Å². The number of hydrogen-bond acceptors (Lipinski definition) is 6. The van der Waals surface area contributed by atoms with Gasteiger partial charge in [0.15, 0.2) is 5.16 Å². The van der Waals surface area contributed by atoms with Gasteiger partial charge in [-0.25, -0.2) is 14.6 Å². The SMILES string of the molecule is Cn1ncnc1Sc1ccc(N)c(OCC2CC2)n1. The first kappa shape index (κ1) is 12.3. The molecule has 0 unspecified atom stereocenters. The second-order valence-corrected chi connectivity index (χ2v) is 5.55. The summed E-state index contributed by atoms with van der Waals surface area (Å²) in [6.45, 7) is 0.704. The van der Waals surface area contributed by atoms with Crippen LogP contribution in [0.15, 0.2) is 28.6 Å². The van der Waals surface area contributed by atoms with Crippen LogP contribution in [-0.2, 0) is 7.05 Å². The van der Waals surface area contributed by atoms with Gasteiger partial charge in [0.25, 0.3) is 0 Å². The molecule has 0 aromatic carbocycles. The molecule has 7 heteroatoms. The number of nitrogens with two attached hydrogens (primary N) is 1. The van der Waals surface area contributed by atoms with E-state index in [9.17, 15) is 0 Å². The quantitative estimate of drug-likeness (QED) is 0.896. The predicted octanol–water partition coefficient (Wildman–Crippen LogP) is 1.73. The van der Waals surface area contributed by atoms with Crippen LogP contribution in [0.1, 0.15) is 12.8 Å². The number of aryl methyl sites for hydroxylation is 1. The highest BCUT2D eigenvalue weighted by molar-refractivity contribution is 7.99. The minimum Gasteiger partial charge on any atom is -0.476 e. The van der Waals surface area contributed by atoms with Crippen LogP contribution in [0.25, 0.3) is 0 Å². The lowest BCUT2D eigenvalue weighted by Crippen LogP contribution is -2.04. The van der Waals surface area contributed by atoms with Gasteiger partial charge in [-0.15, -0.1) is 0 Å². The van der Waals surface area contributed by atoms with Crippen molar-refractivity contribution in [1.82, 2.24) is 19.7 Å². The van der Waals surface area contributed by atoms with Crippen LogP contribution in [0.5, 0.6) is 5.88 Å². The Morgan fingerprint density at radius 2 is 2.32 bits per heavy atom. The fourth-order valence-electron chi connectivity index (χ4n) is 1.56. The fraction of sp³-hybridized carbons (Fsp3) is 0.417. The van der Waals surface area contributed by atoms with Gasteiger partial charge < -0.3 is 10.5 Å². The summed E-state index contributed by atoms with van der Waals surface area (Å²) in [6.07, 6.45) is 4.00. The number of pyridine rings is 1. The maximum atomic E-state index is 5.87. The van der Waals surface area contributed by atoms with Gasteiger partial charge in [-0.1, -0.05) is 0 Å². The third kappa shape index (κ3) is 2.98. The zero-order chi connectivity index (χ0) is 13.2. The molecule has 2 aromatic heterocycles. The maximum Gasteiger partial charge on any atom is 0.238 e. The molecule has 1 aliphatic carbocycles. The number of nitrogen functional groups attached to an aromatic ring is 1. The topological polar surface area (TPSA) is 78.9 Å². The molecule has 1 aliphatic rings.